The van der Waals surface area contributed by atoms with Crippen molar-refractivity contribution in [3.8, 4) is 17.2 Å². The SMILES string of the molecule is O=C(Oc1ccc2ncccc2c1)c1cc(C(=O)Oc2ccc3ncccc3c2)cc(C(=O)Oc2ccc3ncccc3c2)c1. The molecule has 0 spiro atoms. The molecule has 9 nitrogen and oxygen atoms in total. The van der Waals surface area contributed by atoms with Crippen molar-refractivity contribution in [2.75, 3.05) is 0 Å². The Bertz CT molecular complexity index is 2020. The van der Waals surface area contributed by atoms with Crippen LogP contribution in [-0.4, -0.2) is 32.9 Å². The number of ether oxygens (including phenoxy) is 3. The van der Waals surface area contributed by atoms with E-state index in [0.29, 0.717) is 0 Å². The maximum absolute atomic E-state index is 13.4. The predicted molar refractivity (Wildman–Crippen MR) is 167 cm³/mol. The fourth-order valence-electron chi connectivity index (χ4n) is 4.83. The molecule has 3 heterocycles. The number of benzene rings is 4. The third-order valence-corrected chi connectivity index (χ3v) is 7.00. The van der Waals surface area contributed by atoms with E-state index in [-0.39, 0.29) is 33.9 Å². The van der Waals surface area contributed by atoms with E-state index in [2.05, 4.69) is 15.0 Å². The van der Waals surface area contributed by atoms with Crippen LogP contribution in [-0.2, 0) is 0 Å². The lowest BCUT2D eigenvalue weighted by Gasteiger charge is -2.11. The van der Waals surface area contributed by atoms with Crippen LogP contribution in [0, 0.1) is 0 Å². The minimum Gasteiger partial charge on any atom is -0.423 e. The Kier molecular flexibility index (Phi) is 7.09. The van der Waals surface area contributed by atoms with Crippen molar-refractivity contribution < 1.29 is 28.6 Å². The number of pyridine rings is 3. The largest absolute Gasteiger partial charge is 0.423 e. The van der Waals surface area contributed by atoms with Crippen LogP contribution in [0.15, 0.2) is 128 Å². The van der Waals surface area contributed by atoms with Gasteiger partial charge in [0.25, 0.3) is 0 Å². The minimum atomic E-state index is -0.782. The average molecular weight is 592 g/mol. The summed E-state index contributed by atoms with van der Waals surface area (Å²) in [5, 5.41) is 2.33. The Hall–Kier alpha value is -6.48. The second-order valence-corrected chi connectivity index (χ2v) is 10.0. The first-order valence-corrected chi connectivity index (χ1v) is 13.8. The first kappa shape index (κ1) is 27.4. The van der Waals surface area contributed by atoms with Crippen molar-refractivity contribution in [3.63, 3.8) is 0 Å². The van der Waals surface area contributed by atoms with Crippen molar-refractivity contribution in [1.82, 2.24) is 15.0 Å². The van der Waals surface area contributed by atoms with Crippen LogP contribution in [0.3, 0.4) is 0 Å². The van der Waals surface area contributed by atoms with Crippen LogP contribution in [0.25, 0.3) is 32.7 Å². The number of rotatable bonds is 6. The predicted octanol–water partition coefficient (Wildman–Crippen LogP) is 6.99. The summed E-state index contributed by atoms with van der Waals surface area (Å²) in [5.41, 5.74) is 2.07. The van der Waals surface area contributed by atoms with Gasteiger partial charge in [0.05, 0.1) is 33.2 Å². The summed E-state index contributed by atoms with van der Waals surface area (Å²) in [4.78, 5) is 52.9. The van der Waals surface area contributed by atoms with Crippen LogP contribution in [0.5, 0.6) is 17.2 Å². The molecule has 7 aromatic rings. The molecule has 0 N–H and O–H groups in total. The standard InChI is InChI=1S/C36H21N3O6/c40-34(43-28-7-10-31-22(19-28)4-1-13-37-31)25-16-26(35(41)44-29-8-11-32-23(20-29)5-2-14-38-32)18-27(17-25)36(42)45-30-9-12-33-24(21-30)6-3-15-39-33/h1-21H. The third kappa shape index (κ3) is 5.91. The van der Waals surface area contributed by atoms with Gasteiger partial charge >= 0.3 is 17.9 Å². The highest BCUT2D eigenvalue weighted by molar-refractivity contribution is 6.02. The van der Waals surface area contributed by atoms with E-state index in [1.807, 2.05) is 18.2 Å². The fourth-order valence-corrected chi connectivity index (χ4v) is 4.83. The Labute approximate surface area is 255 Å². The van der Waals surface area contributed by atoms with Gasteiger partial charge in [0.2, 0.25) is 0 Å². The van der Waals surface area contributed by atoms with Crippen LogP contribution >= 0.6 is 0 Å². The molecule has 3 aromatic heterocycles. The molecule has 45 heavy (non-hydrogen) atoms. The Morgan fingerprint density at radius 2 is 0.711 bits per heavy atom. The minimum absolute atomic E-state index is 0.0480. The molecule has 0 bridgehead atoms. The highest BCUT2D eigenvalue weighted by Crippen LogP contribution is 2.25. The number of nitrogens with zero attached hydrogens (tertiary/aromatic N) is 3. The van der Waals surface area contributed by atoms with Gasteiger partial charge < -0.3 is 14.2 Å². The van der Waals surface area contributed by atoms with Crippen LogP contribution in [0.4, 0.5) is 0 Å². The van der Waals surface area contributed by atoms with Crippen molar-refractivity contribution in [1.29, 1.82) is 0 Å². The van der Waals surface area contributed by atoms with Gasteiger partial charge in [0.15, 0.2) is 0 Å². The van der Waals surface area contributed by atoms with E-state index >= 15 is 0 Å². The van der Waals surface area contributed by atoms with Gasteiger partial charge in [-0.15, -0.1) is 0 Å². The van der Waals surface area contributed by atoms with Crippen molar-refractivity contribution in [2.24, 2.45) is 0 Å². The lowest BCUT2D eigenvalue weighted by Crippen LogP contribution is -2.16. The zero-order valence-corrected chi connectivity index (χ0v) is 23.4. The van der Waals surface area contributed by atoms with Gasteiger partial charge in [-0.1, -0.05) is 18.2 Å². The van der Waals surface area contributed by atoms with E-state index in [1.54, 1.807) is 91.4 Å². The Morgan fingerprint density at radius 3 is 1.02 bits per heavy atom. The number of carbonyl (C=O) groups is 3. The zero-order valence-electron chi connectivity index (χ0n) is 23.4. The molecule has 0 aliphatic rings. The molecule has 0 atom stereocenters. The van der Waals surface area contributed by atoms with Crippen molar-refractivity contribution in [2.45, 2.75) is 0 Å². The van der Waals surface area contributed by atoms with Gasteiger partial charge in [-0.2, -0.15) is 0 Å². The monoisotopic (exact) mass is 591 g/mol. The number of fused-ring (bicyclic) bond motifs is 3. The maximum Gasteiger partial charge on any atom is 0.343 e. The number of hydrogen-bond donors (Lipinski definition) is 0. The summed E-state index contributed by atoms with van der Waals surface area (Å²) in [6.45, 7) is 0. The van der Waals surface area contributed by atoms with E-state index < -0.39 is 17.9 Å². The first-order chi connectivity index (χ1) is 22.0. The van der Waals surface area contributed by atoms with Gasteiger partial charge in [-0.3, -0.25) is 15.0 Å². The summed E-state index contributed by atoms with van der Waals surface area (Å²) in [7, 11) is 0. The van der Waals surface area contributed by atoms with Gasteiger partial charge in [-0.05, 0) is 91.0 Å². The molecule has 0 fully saturated rings. The number of carbonyl (C=O) groups excluding carboxylic acids is 3. The highest BCUT2D eigenvalue weighted by Gasteiger charge is 2.21. The lowest BCUT2D eigenvalue weighted by molar-refractivity contribution is 0.0734. The zero-order chi connectivity index (χ0) is 30.8. The molecule has 0 unspecified atom stereocenters. The Balaban J connectivity index is 1.21. The fraction of sp³-hybridized carbons (Fsp3) is 0. The first-order valence-electron chi connectivity index (χ1n) is 13.8. The van der Waals surface area contributed by atoms with Crippen LogP contribution in [0.1, 0.15) is 31.1 Å². The van der Waals surface area contributed by atoms with E-state index in [1.165, 1.54) is 18.2 Å². The van der Waals surface area contributed by atoms with E-state index in [4.69, 9.17) is 14.2 Å². The van der Waals surface area contributed by atoms with Crippen molar-refractivity contribution >= 4 is 50.6 Å². The molecule has 216 valence electrons. The summed E-state index contributed by atoms with van der Waals surface area (Å²) in [6, 6.07) is 29.9. The molecule has 0 saturated heterocycles. The van der Waals surface area contributed by atoms with Gasteiger partial charge in [-0.25, -0.2) is 14.4 Å². The molecule has 7 rings (SSSR count). The smallest absolute Gasteiger partial charge is 0.343 e. The molecule has 0 aliphatic heterocycles. The summed E-state index contributed by atoms with van der Waals surface area (Å²) in [6.07, 6.45) is 5.01. The quantitative estimate of drug-likeness (QED) is 0.149. The highest BCUT2D eigenvalue weighted by atomic mass is 16.5. The summed E-state index contributed by atoms with van der Waals surface area (Å²) < 4.78 is 16.9. The molecule has 9 heteroatoms. The number of esters is 3. The number of aromatic nitrogens is 3. The van der Waals surface area contributed by atoms with Gasteiger partial charge in [0, 0.05) is 34.7 Å². The molecule has 0 aliphatic carbocycles. The topological polar surface area (TPSA) is 118 Å². The van der Waals surface area contributed by atoms with Crippen LogP contribution < -0.4 is 14.2 Å². The molecular weight excluding hydrogens is 570 g/mol. The van der Waals surface area contributed by atoms with E-state index in [0.717, 1.165) is 32.7 Å². The van der Waals surface area contributed by atoms with E-state index in [9.17, 15) is 14.4 Å². The summed E-state index contributed by atoms with van der Waals surface area (Å²) >= 11 is 0. The molecule has 4 aromatic carbocycles. The van der Waals surface area contributed by atoms with Gasteiger partial charge in [0.1, 0.15) is 17.2 Å². The van der Waals surface area contributed by atoms with Crippen molar-refractivity contribution in [3.05, 3.63) is 144 Å². The molecule has 0 amide bonds. The second-order valence-electron chi connectivity index (χ2n) is 10.0. The second kappa shape index (κ2) is 11.7. The maximum atomic E-state index is 13.4. The lowest BCUT2D eigenvalue weighted by atomic mass is 10.1. The normalized spacial score (nSPS) is 10.9. The summed E-state index contributed by atoms with van der Waals surface area (Å²) in [5.74, 6) is -1.53. The molecular formula is C36H21N3O6. The average Bonchev–Trinajstić information content (AvgIpc) is 3.08. The Morgan fingerprint density at radius 1 is 0.400 bits per heavy atom. The number of hydrogen-bond acceptors (Lipinski definition) is 9. The third-order valence-electron chi connectivity index (χ3n) is 7.00. The van der Waals surface area contributed by atoms with Crippen LogP contribution in [0.2, 0.25) is 0 Å². The molecule has 0 saturated carbocycles. The molecule has 0 radical (unpaired) electrons.